The topological polar surface area (TPSA) is 43.4 Å². The number of hydrogen-bond donors (Lipinski definition) is 0. The molecule has 0 atom stereocenters. The Labute approximate surface area is 154 Å². The minimum Gasteiger partial charge on any atom is -0.462 e. The van der Waals surface area contributed by atoms with Gasteiger partial charge in [0.1, 0.15) is 5.56 Å². The summed E-state index contributed by atoms with van der Waals surface area (Å²) in [6.45, 7) is 5.78. The van der Waals surface area contributed by atoms with Gasteiger partial charge in [-0.25, -0.2) is 4.79 Å². The van der Waals surface area contributed by atoms with Gasteiger partial charge >= 0.3 is 5.97 Å². The fourth-order valence-electron chi connectivity index (χ4n) is 2.84. The van der Waals surface area contributed by atoms with E-state index in [0.717, 1.165) is 38.1 Å². The monoisotopic (exact) mass is 372 g/mol. The molecule has 3 rings (SSSR count). The molecule has 0 aliphatic carbocycles. The van der Waals surface area contributed by atoms with Gasteiger partial charge in [-0.3, -0.25) is 4.79 Å². The smallest absolute Gasteiger partial charge is 0.343 e. The van der Waals surface area contributed by atoms with Gasteiger partial charge < -0.3 is 4.74 Å². The first-order valence-electron chi connectivity index (χ1n) is 7.94. The molecule has 1 aromatic heterocycles. The molecule has 0 saturated carbocycles. The molecule has 0 unspecified atom stereocenters. The number of hydrogen-bond acceptors (Lipinski definition) is 4. The van der Waals surface area contributed by atoms with E-state index in [4.69, 9.17) is 16.3 Å². The molecule has 2 aromatic carbocycles. The molecule has 0 fully saturated rings. The Kier molecular flexibility index (Phi) is 4.93. The molecule has 5 heteroatoms. The summed E-state index contributed by atoms with van der Waals surface area (Å²) < 4.78 is 5.65. The summed E-state index contributed by atoms with van der Waals surface area (Å²) in [6, 6.07) is 11.4. The van der Waals surface area contributed by atoms with Gasteiger partial charge in [-0.15, -0.1) is 0 Å². The van der Waals surface area contributed by atoms with Gasteiger partial charge in [0.25, 0.3) is 0 Å². The van der Waals surface area contributed by atoms with Gasteiger partial charge in [-0.1, -0.05) is 47.2 Å². The Morgan fingerprint density at radius 3 is 2.56 bits per heavy atom. The van der Waals surface area contributed by atoms with Crippen molar-refractivity contribution in [2.75, 3.05) is 6.61 Å². The summed E-state index contributed by atoms with van der Waals surface area (Å²) in [5.74, 6) is -0.597. The maximum Gasteiger partial charge on any atom is 0.343 e. The number of benzene rings is 2. The van der Waals surface area contributed by atoms with Crippen molar-refractivity contribution in [3.63, 3.8) is 0 Å². The zero-order chi connectivity index (χ0) is 18.1. The first-order chi connectivity index (χ1) is 11.9. The predicted molar refractivity (Wildman–Crippen MR) is 104 cm³/mol. The highest BCUT2D eigenvalue weighted by atomic mass is 35.5. The van der Waals surface area contributed by atoms with Crippen molar-refractivity contribution in [2.24, 2.45) is 0 Å². The molecule has 1 heterocycles. The fourth-order valence-corrected chi connectivity index (χ4v) is 4.00. The standard InChI is InChI=1S/C20H17ClO3S/c1-4-24-19(22)18-17(13-8-6-5-7-11(13)2)14-10-15(21)12(3)9-16(14)25-20(18)23/h5-10H,4H2,1-3H3. The Bertz CT molecular complexity index is 1040. The number of carbonyl (C=O) groups is 1. The Morgan fingerprint density at radius 2 is 1.88 bits per heavy atom. The van der Waals surface area contributed by atoms with Crippen LogP contribution >= 0.6 is 22.9 Å². The van der Waals surface area contributed by atoms with Crippen molar-refractivity contribution < 1.29 is 9.53 Å². The van der Waals surface area contributed by atoms with Crippen molar-refractivity contribution in [3.05, 3.63) is 67.6 Å². The molecule has 3 nitrogen and oxygen atoms in total. The van der Waals surface area contributed by atoms with E-state index in [1.807, 2.05) is 50.2 Å². The fraction of sp³-hybridized carbons (Fsp3) is 0.200. The highest BCUT2D eigenvalue weighted by Gasteiger charge is 2.23. The van der Waals surface area contributed by atoms with Crippen LogP contribution in [0.25, 0.3) is 21.2 Å². The second-order valence-electron chi connectivity index (χ2n) is 5.77. The second kappa shape index (κ2) is 6.98. The summed E-state index contributed by atoms with van der Waals surface area (Å²) in [4.78, 5) is 25.3. The quantitative estimate of drug-likeness (QED) is 0.580. The molecule has 3 aromatic rings. The van der Waals surface area contributed by atoms with Crippen LogP contribution in [0.5, 0.6) is 0 Å². The summed E-state index contributed by atoms with van der Waals surface area (Å²) >= 11 is 7.38. The van der Waals surface area contributed by atoms with Crippen molar-refractivity contribution in [3.8, 4) is 11.1 Å². The molecule has 0 radical (unpaired) electrons. The van der Waals surface area contributed by atoms with Crippen LogP contribution in [0, 0.1) is 13.8 Å². The molecule has 0 spiro atoms. The third-order valence-electron chi connectivity index (χ3n) is 4.08. The number of ether oxygens (including phenoxy) is 1. The Hall–Kier alpha value is -2.17. The molecule has 128 valence electrons. The molecule has 0 amide bonds. The van der Waals surface area contributed by atoms with E-state index in [9.17, 15) is 9.59 Å². The van der Waals surface area contributed by atoms with Gasteiger partial charge in [0.2, 0.25) is 4.74 Å². The van der Waals surface area contributed by atoms with E-state index in [2.05, 4.69) is 0 Å². The van der Waals surface area contributed by atoms with Crippen LogP contribution in [0.15, 0.2) is 41.2 Å². The lowest BCUT2D eigenvalue weighted by atomic mass is 9.94. The lowest BCUT2D eigenvalue weighted by molar-refractivity contribution is 0.0526. The minimum absolute atomic E-state index is 0.0774. The van der Waals surface area contributed by atoms with Crippen LogP contribution in [0.1, 0.15) is 28.4 Å². The maximum absolute atomic E-state index is 12.7. The third-order valence-corrected chi connectivity index (χ3v) is 5.44. The number of fused-ring (bicyclic) bond motifs is 1. The average Bonchev–Trinajstić information content (AvgIpc) is 2.56. The predicted octanol–water partition coefficient (Wildman–Crippen LogP) is 5.38. The van der Waals surface area contributed by atoms with Crippen LogP contribution in [-0.4, -0.2) is 12.6 Å². The number of carbonyl (C=O) groups excluding carboxylic acids is 1. The summed E-state index contributed by atoms with van der Waals surface area (Å²) in [6.07, 6.45) is 0. The largest absolute Gasteiger partial charge is 0.462 e. The molecule has 0 N–H and O–H groups in total. The van der Waals surface area contributed by atoms with Crippen LogP contribution in [0.3, 0.4) is 0 Å². The van der Waals surface area contributed by atoms with Gasteiger partial charge in [-0.05, 0) is 49.6 Å². The number of rotatable bonds is 3. The van der Waals surface area contributed by atoms with Gasteiger partial charge in [0.05, 0.1) is 6.61 Å². The average molecular weight is 373 g/mol. The van der Waals surface area contributed by atoms with E-state index >= 15 is 0 Å². The van der Waals surface area contributed by atoms with Crippen molar-refractivity contribution in [2.45, 2.75) is 20.8 Å². The number of halogens is 1. The molecule has 0 saturated heterocycles. The Morgan fingerprint density at radius 1 is 1.16 bits per heavy atom. The molecule has 0 aliphatic heterocycles. The first-order valence-corrected chi connectivity index (χ1v) is 9.13. The second-order valence-corrected chi connectivity index (χ2v) is 7.19. The van der Waals surface area contributed by atoms with Crippen LogP contribution in [-0.2, 0) is 4.74 Å². The van der Waals surface area contributed by atoms with E-state index in [-0.39, 0.29) is 16.9 Å². The van der Waals surface area contributed by atoms with Gasteiger partial charge in [-0.2, -0.15) is 0 Å². The molecular weight excluding hydrogens is 356 g/mol. The molecular formula is C20H17ClO3S. The van der Waals surface area contributed by atoms with E-state index < -0.39 is 5.97 Å². The minimum atomic E-state index is -0.597. The summed E-state index contributed by atoms with van der Waals surface area (Å²) in [5.41, 5.74) is 3.37. The lowest BCUT2D eigenvalue weighted by Crippen LogP contribution is -2.17. The lowest BCUT2D eigenvalue weighted by Gasteiger charge is -2.14. The number of esters is 1. The normalized spacial score (nSPS) is 10.9. The highest BCUT2D eigenvalue weighted by molar-refractivity contribution is 7.16. The van der Waals surface area contributed by atoms with E-state index in [1.54, 1.807) is 6.92 Å². The zero-order valence-corrected chi connectivity index (χ0v) is 15.8. The summed E-state index contributed by atoms with van der Waals surface area (Å²) in [5, 5.41) is 1.39. The first kappa shape index (κ1) is 17.6. The van der Waals surface area contributed by atoms with Gasteiger partial charge in [0.15, 0.2) is 0 Å². The third kappa shape index (κ3) is 3.20. The van der Waals surface area contributed by atoms with E-state index in [1.165, 1.54) is 0 Å². The van der Waals surface area contributed by atoms with Crippen LogP contribution in [0.4, 0.5) is 0 Å². The van der Waals surface area contributed by atoms with Crippen molar-refractivity contribution >= 4 is 39.0 Å². The number of aryl methyl sites for hydroxylation is 2. The van der Waals surface area contributed by atoms with Crippen LogP contribution in [0.2, 0.25) is 5.02 Å². The Balaban J connectivity index is 2.50. The van der Waals surface area contributed by atoms with Crippen LogP contribution < -0.4 is 4.74 Å². The van der Waals surface area contributed by atoms with E-state index in [0.29, 0.717) is 10.6 Å². The highest BCUT2D eigenvalue weighted by Crippen LogP contribution is 2.36. The van der Waals surface area contributed by atoms with Crippen molar-refractivity contribution in [1.82, 2.24) is 0 Å². The molecule has 0 bridgehead atoms. The SMILES string of the molecule is CCOC(=O)c1c(-c2ccccc2C)c2cc(Cl)c(C)cc2sc1=O. The molecule has 0 aliphatic rings. The zero-order valence-electron chi connectivity index (χ0n) is 14.2. The van der Waals surface area contributed by atoms with Gasteiger partial charge in [0, 0.05) is 20.7 Å². The molecule has 25 heavy (non-hydrogen) atoms. The summed E-state index contributed by atoms with van der Waals surface area (Å²) in [7, 11) is 0. The van der Waals surface area contributed by atoms with Crippen molar-refractivity contribution in [1.29, 1.82) is 0 Å². The maximum atomic E-state index is 12.7.